The molecule has 96 valence electrons. The van der Waals surface area contributed by atoms with Gasteiger partial charge in [0.1, 0.15) is 0 Å². The van der Waals surface area contributed by atoms with Crippen LogP contribution in [0.1, 0.15) is 6.92 Å². The summed E-state index contributed by atoms with van der Waals surface area (Å²) in [7, 11) is 0. The summed E-state index contributed by atoms with van der Waals surface area (Å²) in [5.74, 6) is 1.42. The molecule has 1 aromatic carbocycles. The fourth-order valence-corrected chi connectivity index (χ4v) is 2.56. The third-order valence-electron chi connectivity index (χ3n) is 3.17. The van der Waals surface area contributed by atoms with Crippen LogP contribution in [-0.4, -0.2) is 41.1 Å². The number of halogens is 1. The molecule has 1 fully saturated rings. The molecule has 0 bridgehead atoms. The van der Waals surface area contributed by atoms with E-state index < -0.39 is 0 Å². The van der Waals surface area contributed by atoms with Crippen molar-refractivity contribution in [3.05, 3.63) is 24.3 Å². The Hall–Kier alpha value is -1.26. The fraction of sp³-hybridized carbons (Fsp3) is 0.462. The molecule has 0 saturated carbocycles. The summed E-state index contributed by atoms with van der Waals surface area (Å²) in [5, 5.41) is 0. The Bertz CT molecular complexity index is 509. The van der Waals surface area contributed by atoms with Crippen molar-refractivity contribution < 1.29 is 4.74 Å². The van der Waals surface area contributed by atoms with Crippen LogP contribution in [0.5, 0.6) is 0 Å². The summed E-state index contributed by atoms with van der Waals surface area (Å²) in [6.45, 7) is 3.69. The highest BCUT2D eigenvalue weighted by atomic mass is 35.5. The van der Waals surface area contributed by atoms with Gasteiger partial charge in [-0.25, -0.2) is 4.98 Å². The van der Waals surface area contributed by atoms with E-state index in [1.54, 1.807) is 0 Å². The van der Waals surface area contributed by atoms with Gasteiger partial charge in [-0.3, -0.25) is 0 Å². The molecule has 1 aromatic heterocycles. The first-order valence-electron chi connectivity index (χ1n) is 6.17. The normalized spacial score (nSPS) is 24.7. The number of ether oxygens (including phenoxy) is 1. The molecule has 5 heteroatoms. The number of morpholine rings is 1. The Kier molecular flexibility index (Phi) is 3.14. The molecule has 18 heavy (non-hydrogen) atoms. The van der Waals surface area contributed by atoms with Crippen molar-refractivity contribution in [2.24, 2.45) is 0 Å². The molecule has 3 rings (SSSR count). The maximum Gasteiger partial charge on any atom is 0.204 e. The van der Waals surface area contributed by atoms with Crippen molar-refractivity contribution in [1.82, 2.24) is 9.97 Å². The first-order chi connectivity index (χ1) is 8.76. The van der Waals surface area contributed by atoms with Crippen molar-refractivity contribution in [2.45, 2.75) is 19.1 Å². The van der Waals surface area contributed by atoms with Gasteiger partial charge in [0, 0.05) is 13.1 Å². The zero-order chi connectivity index (χ0) is 12.5. The second kappa shape index (κ2) is 4.78. The van der Waals surface area contributed by atoms with Crippen LogP contribution in [0.2, 0.25) is 0 Å². The molecule has 0 radical (unpaired) electrons. The van der Waals surface area contributed by atoms with E-state index in [0.717, 1.165) is 30.1 Å². The summed E-state index contributed by atoms with van der Waals surface area (Å²) < 4.78 is 5.75. The minimum atomic E-state index is 0.0728. The Balaban J connectivity index is 1.88. The maximum atomic E-state index is 5.89. The quantitative estimate of drug-likeness (QED) is 0.848. The highest BCUT2D eigenvalue weighted by Crippen LogP contribution is 2.21. The number of alkyl halides is 1. The van der Waals surface area contributed by atoms with Crippen LogP contribution in [0, 0.1) is 0 Å². The van der Waals surface area contributed by atoms with Crippen LogP contribution in [0.3, 0.4) is 0 Å². The lowest BCUT2D eigenvalue weighted by Crippen LogP contribution is -2.47. The molecule has 1 aliphatic rings. The van der Waals surface area contributed by atoms with E-state index in [9.17, 15) is 0 Å². The minimum Gasteiger partial charge on any atom is -0.370 e. The number of benzene rings is 1. The van der Waals surface area contributed by atoms with Gasteiger partial charge in [0.2, 0.25) is 5.95 Å². The Morgan fingerprint density at radius 1 is 1.44 bits per heavy atom. The van der Waals surface area contributed by atoms with Crippen molar-refractivity contribution in [2.75, 3.05) is 23.9 Å². The SMILES string of the molecule is CC1CN(c2nc3ccccc3[nH]2)CC(CCl)O1. The number of hydrogen-bond acceptors (Lipinski definition) is 3. The first-order valence-corrected chi connectivity index (χ1v) is 6.71. The van der Waals surface area contributed by atoms with Crippen LogP contribution in [0.15, 0.2) is 24.3 Å². The fourth-order valence-electron chi connectivity index (χ4n) is 2.39. The molecule has 2 heterocycles. The van der Waals surface area contributed by atoms with Gasteiger partial charge in [0.05, 0.1) is 29.1 Å². The molecule has 1 N–H and O–H groups in total. The van der Waals surface area contributed by atoms with Gasteiger partial charge < -0.3 is 14.6 Å². The average Bonchev–Trinajstić information content (AvgIpc) is 2.81. The third-order valence-corrected chi connectivity index (χ3v) is 3.52. The average molecular weight is 266 g/mol. The molecule has 2 aromatic rings. The molecular formula is C13H16ClN3O. The van der Waals surface area contributed by atoms with Crippen LogP contribution in [0.25, 0.3) is 11.0 Å². The predicted octanol–water partition coefficient (Wildman–Crippen LogP) is 2.40. The molecule has 4 nitrogen and oxygen atoms in total. The zero-order valence-electron chi connectivity index (χ0n) is 10.3. The molecular weight excluding hydrogens is 250 g/mol. The van der Waals surface area contributed by atoms with E-state index in [-0.39, 0.29) is 12.2 Å². The van der Waals surface area contributed by atoms with Crippen molar-refractivity contribution >= 4 is 28.6 Å². The second-order valence-corrected chi connectivity index (χ2v) is 5.01. The zero-order valence-corrected chi connectivity index (χ0v) is 11.0. The lowest BCUT2D eigenvalue weighted by molar-refractivity contribution is -0.00377. The Morgan fingerprint density at radius 2 is 2.28 bits per heavy atom. The van der Waals surface area contributed by atoms with E-state index in [2.05, 4.69) is 21.8 Å². The highest BCUT2D eigenvalue weighted by molar-refractivity contribution is 6.18. The van der Waals surface area contributed by atoms with E-state index in [0.29, 0.717) is 5.88 Å². The molecule has 0 aliphatic carbocycles. The maximum absolute atomic E-state index is 5.89. The number of hydrogen-bond donors (Lipinski definition) is 1. The number of anilines is 1. The number of aromatic amines is 1. The monoisotopic (exact) mass is 265 g/mol. The molecule has 1 saturated heterocycles. The number of imidazole rings is 1. The second-order valence-electron chi connectivity index (χ2n) is 4.71. The predicted molar refractivity (Wildman–Crippen MR) is 73.4 cm³/mol. The van der Waals surface area contributed by atoms with Crippen LogP contribution in [0.4, 0.5) is 5.95 Å². The van der Waals surface area contributed by atoms with Gasteiger partial charge in [-0.2, -0.15) is 0 Å². The van der Waals surface area contributed by atoms with Crippen LogP contribution in [-0.2, 0) is 4.74 Å². The van der Waals surface area contributed by atoms with Crippen LogP contribution < -0.4 is 4.90 Å². The largest absolute Gasteiger partial charge is 0.370 e. The number of rotatable bonds is 2. The van der Waals surface area contributed by atoms with E-state index in [1.807, 2.05) is 24.3 Å². The third kappa shape index (κ3) is 2.18. The molecule has 2 atom stereocenters. The summed E-state index contributed by atoms with van der Waals surface area (Å²) in [5.41, 5.74) is 2.06. The number of nitrogens with zero attached hydrogens (tertiary/aromatic N) is 2. The number of nitrogens with one attached hydrogen (secondary N) is 1. The summed E-state index contributed by atoms with van der Waals surface area (Å²) in [6, 6.07) is 8.05. The van der Waals surface area contributed by atoms with Gasteiger partial charge in [0.15, 0.2) is 0 Å². The van der Waals surface area contributed by atoms with Crippen molar-refractivity contribution in [1.29, 1.82) is 0 Å². The summed E-state index contributed by atoms with van der Waals surface area (Å²) >= 11 is 5.89. The van der Waals surface area contributed by atoms with Crippen molar-refractivity contribution in [3.8, 4) is 0 Å². The van der Waals surface area contributed by atoms with E-state index in [4.69, 9.17) is 16.3 Å². The van der Waals surface area contributed by atoms with Gasteiger partial charge in [-0.1, -0.05) is 12.1 Å². The van der Waals surface area contributed by atoms with Gasteiger partial charge >= 0.3 is 0 Å². The number of para-hydroxylation sites is 2. The first kappa shape index (κ1) is 11.8. The van der Waals surface area contributed by atoms with Crippen molar-refractivity contribution in [3.63, 3.8) is 0 Å². The van der Waals surface area contributed by atoms with Gasteiger partial charge in [0.25, 0.3) is 0 Å². The molecule has 0 amide bonds. The Morgan fingerprint density at radius 3 is 3.06 bits per heavy atom. The van der Waals surface area contributed by atoms with E-state index in [1.165, 1.54) is 0 Å². The number of H-pyrrole nitrogens is 1. The van der Waals surface area contributed by atoms with Crippen LogP contribution >= 0.6 is 11.6 Å². The summed E-state index contributed by atoms with van der Waals surface area (Å²) in [6.07, 6.45) is 0.249. The van der Waals surface area contributed by atoms with E-state index >= 15 is 0 Å². The summed E-state index contributed by atoms with van der Waals surface area (Å²) in [4.78, 5) is 10.2. The molecule has 1 aliphatic heterocycles. The standard InChI is InChI=1S/C13H16ClN3O/c1-9-7-17(8-10(6-14)18-9)13-15-11-4-2-3-5-12(11)16-13/h2-5,9-10H,6-8H2,1H3,(H,15,16). The smallest absolute Gasteiger partial charge is 0.204 e. The lowest BCUT2D eigenvalue weighted by atomic mass is 10.2. The Labute approximate surface area is 111 Å². The van der Waals surface area contributed by atoms with Gasteiger partial charge in [-0.05, 0) is 19.1 Å². The highest BCUT2D eigenvalue weighted by Gasteiger charge is 2.26. The molecule has 0 spiro atoms. The van der Waals surface area contributed by atoms with Gasteiger partial charge in [-0.15, -0.1) is 11.6 Å². The minimum absolute atomic E-state index is 0.0728. The topological polar surface area (TPSA) is 41.2 Å². The molecule has 2 unspecified atom stereocenters. The lowest BCUT2D eigenvalue weighted by Gasteiger charge is -2.35. The number of aromatic nitrogens is 2. The number of fused-ring (bicyclic) bond motifs is 1.